The van der Waals surface area contributed by atoms with Gasteiger partial charge in [0.2, 0.25) is 0 Å². The number of likely N-dealkylation sites (tertiary alicyclic amines) is 1. The Balaban J connectivity index is 0.00000137. The van der Waals surface area contributed by atoms with Crippen LogP contribution < -0.4 is 5.73 Å². The van der Waals surface area contributed by atoms with E-state index in [0.717, 1.165) is 45.7 Å². The van der Waals surface area contributed by atoms with Crippen LogP contribution in [0.15, 0.2) is 0 Å². The first-order chi connectivity index (χ1) is 8.86. The molecule has 18 heavy (non-hydrogen) atoms. The second-order valence-corrected chi connectivity index (χ2v) is 4.59. The molecule has 1 aliphatic rings. The van der Waals surface area contributed by atoms with Gasteiger partial charge in [0.25, 0.3) is 0 Å². The third-order valence-corrected chi connectivity index (χ3v) is 3.19. The molecule has 1 heterocycles. The van der Waals surface area contributed by atoms with Crippen LogP contribution in [-0.2, 0) is 4.74 Å². The average Bonchev–Trinajstić information content (AvgIpc) is 2.45. The highest BCUT2D eigenvalue weighted by atomic mass is 16.5. The first-order valence-corrected chi connectivity index (χ1v) is 7.48. The Bertz CT molecular complexity index is 168. The summed E-state index contributed by atoms with van der Waals surface area (Å²) in [5.41, 5.74) is 5.69. The number of nitrogens with two attached hydrogens (primary N) is 1. The van der Waals surface area contributed by atoms with E-state index in [-0.39, 0.29) is 6.61 Å². The third kappa shape index (κ3) is 8.86. The van der Waals surface area contributed by atoms with Crippen molar-refractivity contribution in [3.05, 3.63) is 0 Å². The maximum atomic E-state index is 8.61. The van der Waals surface area contributed by atoms with E-state index in [2.05, 4.69) is 4.90 Å². The largest absolute Gasteiger partial charge is 0.396 e. The van der Waals surface area contributed by atoms with Crippen molar-refractivity contribution in [2.24, 2.45) is 11.7 Å². The first-order valence-electron chi connectivity index (χ1n) is 7.48. The van der Waals surface area contributed by atoms with Crippen molar-refractivity contribution in [3.8, 4) is 0 Å². The quantitative estimate of drug-likeness (QED) is 0.649. The summed E-state index contributed by atoms with van der Waals surface area (Å²) in [5.74, 6) is 0.683. The second kappa shape index (κ2) is 13.3. The molecule has 0 bridgehead atoms. The fourth-order valence-corrected chi connectivity index (χ4v) is 2.16. The monoisotopic (exact) mass is 260 g/mol. The summed E-state index contributed by atoms with van der Waals surface area (Å²) >= 11 is 0. The number of rotatable bonds is 8. The van der Waals surface area contributed by atoms with Gasteiger partial charge in [-0.15, -0.1) is 0 Å². The van der Waals surface area contributed by atoms with Gasteiger partial charge in [0.1, 0.15) is 0 Å². The topological polar surface area (TPSA) is 58.7 Å². The van der Waals surface area contributed by atoms with Crippen LogP contribution in [0.2, 0.25) is 0 Å². The van der Waals surface area contributed by atoms with E-state index < -0.39 is 0 Å². The Morgan fingerprint density at radius 2 is 2.06 bits per heavy atom. The Morgan fingerprint density at radius 1 is 1.28 bits per heavy atom. The molecule has 0 aromatic rings. The van der Waals surface area contributed by atoms with Gasteiger partial charge in [0.05, 0.1) is 6.61 Å². The van der Waals surface area contributed by atoms with Crippen LogP contribution >= 0.6 is 0 Å². The van der Waals surface area contributed by atoms with E-state index in [0.29, 0.717) is 5.92 Å². The molecule has 0 amide bonds. The predicted octanol–water partition coefficient (Wildman–Crippen LogP) is 1.47. The summed E-state index contributed by atoms with van der Waals surface area (Å²) in [6.07, 6.45) is 4.36. The van der Waals surface area contributed by atoms with Crippen LogP contribution in [0.5, 0.6) is 0 Å². The number of ether oxygens (including phenoxy) is 1. The summed E-state index contributed by atoms with van der Waals surface area (Å²) < 4.78 is 5.52. The van der Waals surface area contributed by atoms with Gasteiger partial charge in [-0.25, -0.2) is 0 Å². The van der Waals surface area contributed by atoms with E-state index in [9.17, 15) is 0 Å². The average molecular weight is 260 g/mol. The smallest absolute Gasteiger partial charge is 0.0593 e. The van der Waals surface area contributed by atoms with Gasteiger partial charge in [-0.1, -0.05) is 13.8 Å². The molecule has 4 heteroatoms. The lowest BCUT2D eigenvalue weighted by atomic mass is 9.98. The molecule has 110 valence electrons. The lowest BCUT2D eigenvalue weighted by Crippen LogP contribution is -2.40. The summed E-state index contributed by atoms with van der Waals surface area (Å²) in [5, 5.41) is 8.61. The molecule has 3 N–H and O–H groups in total. The van der Waals surface area contributed by atoms with Gasteiger partial charge >= 0.3 is 0 Å². The van der Waals surface area contributed by atoms with Crippen molar-refractivity contribution < 1.29 is 9.84 Å². The molecule has 1 fully saturated rings. The maximum absolute atomic E-state index is 8.61. The number of unbranched alkanes of at least 4 members (excludes halogenated alkanes) is 1. The van der Waals surface area contributed by atoms with Crippen LogP contribution in [0.1, 0.15) is 39.5 Å². The minimum absolute atomic E-state index is 0.271. The zero-order chi connectivity index (χ0) is 13.6. The van der Waals surface area contributed by atoms with Crippen LogP contribution in [0.3, 0.4) is 0 Å². The first kappa shape index (κ1) is 17.8. The van der Waals surface area contributed by atoms with Crippen LogP contribution in [0, 0.1) is 5.92 Å². The van der Waals surface area contributed by atoms with Crippen molar-refractivity contribution in [3.63, 3.8) is 0 Å². The molecule has 0 saturated carbocycles. The molecule has 1 unspecified atom stereocenters. The van der Waals surface area contributed by atoms with Crippen molar-refractivity contribution in [2.45, 2.75) is 39.5 Å². The third-order valence-electron chi connectivity index (χ3n) is 3.19. The molecule has 1 atom stereocenters. The maximum Gasteiger partial charge on any atom is 0.0593 e. The minimum atomic E-state index is 0.271. The van der Waals surface area contributed by atoms with Crippen molar-refractivity contribution in [1.29, 1.82) is 0 Å². The van der Waals surface area contributed by atoms with Gasteiger partial charge in [-0.3, -0.25) is 0 Å². The zero-order valence-electron chi connectivity index (χ0n) is 12.2. The SMILES string of the molecule is CC.NCC1CCCN(CCOCCCCO)C1. The van der Waals surface area contributed by atoms with Crippen LogP contribution in [-0.4, -0.2) is 56.0 Å². The molecule has 1 aliphatic heterocycles. The highest BCUT2D eigenvalue weighted by molar-refractivity contribution is 4.73. The van der Waals surface area contributed by atoms with Crippen molar-refractivity contribution in [2.75, 3.05) is 46.0 Å². The summed E-state index contributed by atoms with van der Waals surface area (Å²) in [7, 11) is 0. The van der Waals surface area contributed by atoms with E-state index in [1.54, 1.807) is 0 Å². The second-order valence-electron chi connectivity index (χ2n) is 4.59. The number of hydrogen-bond acceptors (Lipinski definition) is 4. The van der Waals surface area contributed by atoms with Gasteiger partial charge in [-0.05, 0) is 44.7 Å². The van der Waals surface area contributed by atoms with E-state index in [4.69, 9.17) is 15.6 Å². The molecule has 0 radical (unpaired) electrons. The molecule has 0 aromatic heterocycles. The molecule has 4 nitrogen and oxygen atoms in total. The molecule has 0 aromatic carbocycles. The van der Waals surface area contributed by atoms with Gasteiger partial charge in [0, 0.05) is 26.3 Å². The number of aliphatic hydroxyl groups is 1. The predicted molar refractivity (Wildman–Crippen MR) is 76.7 cm³/mol. The van der Waals surface area contributed by atoms with E-state index in [1.807, 2.05) is 13.8 Å². The molecule has 0 aliphatic carbocycles. The van der Waals surface area contributed by atoms with E-state index in [1.165, 1.54) is 19.4 Å². The fourth-order valence-electron chi connectivity index (χ4n) is 2.16. The number of hydrogen-bond donors (Lipinski definition) is 2. The zero-order valence-corrected chi connectivity index (χ0v) is 12.2. The van der Waals surface area contributed by atoms with Gasteiger partial charge < -0.3 is 20.5 Å². The Kier molecular flexibility index (Phi) is 13.2. The van der Waals surface area contributed by atoms with Crippen molar-refractivity contribution >= 4 is 0 Å². The standard InChI is InChI=1S/C12H26N2O2.C2H6/c13-10-12-4-3-5-14(11-12)6-9-16-8-2-1-7-15;1-2/h12,15H,1-11,13H2;1-2H3. The number of piperidine rings is 1. The lowest BCUT2D eigenvalue weighted by molar-refractivity contribution is 0.0818. The molecular weight excluding hydrogens is 228 g/mol. The van der Waals surface area contributed by atoms with Crippen LogP contribution in [0.25, 0.3) is 0 Å². The Labute approximate surface area is 112 Å². The number of aliphatic hydroxyl groups excluding tert-OH is 1. The molecule has 0 spiro atoms. The number of nitrogens with zero attached hydrogens (tertiary/aromatic N) is 1. The molecule has 1 rings (SSSR count). The van der Waals surface area contributed by atoms with Crippen LogP contribution in [0.4, 0.5) is 0 Å². The lowest BCUT2D eigenvalue weighted by Gasteiger charge is -2.31. The minimum Gasteiger partial charge on any atom is -0.396 e. The normalized spacial score (nSPS) is 20.3. The van der Waals surface area contributed by atoms with Crippen molar-refractivity contribution in [1.82, 2.24) is 4.90 Å². The summed E-state index contributed by atoms with van der Waals surface area (Å²) in [4.78, 5) is 2.45. The van der Waals surface area contributed by atoms with Gasteiger partial charge in [-0.2, -0.15) is 0 Å². The Hall–Kier alpha value is -0.160. The summed E-state index contributed by atoms with van der Waals surface area (Å²) in [6, 6.07) is 0. The molecule has 1 saturated heterocycles. The molecular formula is C14H32N2O2. The fraction of sp³-hybridized carbons (Fsp3) is 1.00. The van der Waals surface area contributed by atoms with Gasteiger partial charge in [0.15, 0.2) is 0 Å². The highest BCUT2D eigenvalue weighted by Gasteiger charge is 2.17. The highest BCUT2D eigenvalue weighted by Crippen LogP contribution is 2.14. The van der Waals surface area contributed by atoms with E-state index >= 15 is 0 Å². The Morgan fingerprint density at radius 3 is 2.72 bits per heavy atom. The summed E-state index contributed by atoms with van der Waals surface area (Å²) in [6.45, 7) is 10.0.